The minimum absolute atomic E-state index is 0.405. The first-order valence-corrected chi connectivity index (χ1v) is 7.65. The lowest BCUT2D eigenvalue weighted by molar-refractivity contribution is 0.408. The van der Waals surface area contributed by atoms with E-state index in [2.05, 4.69) is 50.4 Å². The van der Waals surface area contributed by atoms with Gasteiger partial charge in [-0.15, -0.1) is 11.3 Å². The molecule has 18 heavy (non-hydrogen) atoms. The van der Waals surface area contributed by atoms with Crippen LogP contribution in [0.2, 0.25) is 0 Å². The summed E-state index contributed by atoms with van der Waals surface area (Å²) in [6.07, 6.45) is 2.40. The maximum atomic E-state index is 4.78. The summed E-state index contributed by atoms with van der Waals surface area (Å²) in [5.74, 6) is 0.737. The second kappa shape index (κ2) is 6.30. The standard InChI is InChI=1S/C15H22N2S/c1-4-11(3)10-13(16-5-2)15-17-12-8-6-7-9-14(12)18-15/h6-9,11,13,16H,4-5,10H2,1-3H3. The Labute approximate surface area is 113 Å². The number of aromatic nitrogens is 1. The molecule has 2 nitrogen and oxygen atoms in total. The molecule has 2 unspecified atom stereocenters. The van der Waals surface area contributed by atoms with Crippen LogP contribution in [0.3, 0.4) is 0 Å². The molecule has 0 spiro atoms. The lowest BCUT2D eigenvalue weighted by Gasteiger charge is -2.18. The van der Waals surface area contributed by atoms with Crippen LogP contribution in [-0.2, 0) is 0 Å². The van der Waals surface area contributed by atoms with Crippen molar-refractivity contribution in [2.75, 3.05) is 6.54 Å². The average Bonchev–Trinajstić information content (AvgIpc) is 2.81. The molecule has 0 aliphatic heterocycles. The van der Waals surface area contributed by atoms with Crippen molar-refractivity contribution in [3.63, 3.8) is 0 Å². The van der Waals surface area contributed by atoms with E-state index in [4.69, 9.17) is 4.98 Å². The highest BCUT2D eigenvalue weighted by atomic mass is 32.1. The number of nitrogens with zero attached hydrogens (tertiary/aromatic N) is 1. The summed E-state index contributed by atoms with van der Waals surface area (Å²) < 4.78 is 1.29. The Kier molecular flexibility index (Phi) is 4.72. The third-order valence-corrected chi connectivity index (χ3v) is 4.54. The summed E-state index contributed by atoms with van der Waals surface area (Å²) in [6.45, 7) is 7.73. The molecule has 1 heterocycles. The van der Waals surface area contributed by atoms with Crippen molar-refractivity contribution in [1.29, 1.82) is 0 Å². The van der Waals surface area contributed by atoms with E-state index in [1.807, 2.05) is 11.3 Å². The fraction of sp³-hybridized carbons (Fsp3) is 0.533. The van der Waals surface area contributed by atoms with Crippen molar-refractivity contribution in [3.05, 3.63) is 29.3 Å². The zero-order valence-corrected chi connectivity index (χ0v) is 12.3. The van der Waals surface area contributed by atoms with Crippen LogP contribution < -0.4 is 5.32 Å². The quantitative estimate of drug-likeness (QED) is 0.835. The molecule has 0 radical (unpaired) electrons. The van der Waals surface area contributed by atoms with Crippen LogP contribution in [0.5, 0.6) is 0 Å². The maximum absolute atomic E-state index is 4.78. The lowest BCUT2D eigenvalue weighted by atomic mass is 9.99. The van der Waals surface area contributed by atoms with Gasteiger partial charge in [0.25, 0.3) is 0 Å². The summed E-state index contributed by atoms with van der Waals surface area (Å²) in [4.78, 5) is 4.78. The highest BCUT2D eigenvalue weighted by Gasteiger charge is 2.17. The van der Waals surface area contributed by atoms with Gasteiger partial charge in [0.1, 0.15) is 5.01 Å². The molecule has 2 atom stereocenters. The van der Waals surface area contributed by atoms with Crippen molar-refractivity contribution >= 4 is 21.6 Å². The monoisotopic (exact) mass is 262 g/mol. The zero-order valence-electron chi connectivity index (χ0n) is 11.4. The van der Waals surface area contributed by atoms with E-state index >= 15 is 0 Å². The first-order valence-electron chi connectivity index (χ1n) is 6.83. The smallest absolute Gasteiger partial charge is 0.111 e. The molecule has 0 amide bonds. The summed E-state index contributed by atoms with van der Waals surface area (Å²) in [6, 6.07) is 8.80. The van der Waals surface area contributed by atoms with Gasteiger partial charge in [-0.2, -0.15) is 0 Å². The lowest BCUT2D eigenvalue weighted by Crippen LogP contribution is -2.22. The summed E-state index contributed by atoms with van der Waals surface area (Å²) in [7, 11) is 0. The molecule has 0 aliphatic carbocycles. The topological polar surface area (TPSA) is 24.9 Å². The van der Waals surface area contributed by atoms with E-state index in [-0.39, 0.29) is 0 Å². The first-order chi connectivity index (χ1) is 8.74. The van der Waals surface area contributed by atoms with Gasteiger partial charge in [-0.25, -0.2) is 4.98 Å². The fourth-order valence-electron chi connectivity index (χ4n) is 2.13. The summed E-state index contributed by atoms with van der Waals surface area (Å²) >= 11 is 1.82. The van der Waals surface area contributed by atoms with E-state index in [1.165, 1.54) is 22.5 Å². The minimum Gasteiger partial charge on any atom is -0.308 e. The SMILES string of the molecule is CCNC(CC(C)CC)c1nc2ccccc2s1. The Hall–Kier alpha value is -0.930. The van der Waals surface area contributed by atoms with Gasteiger partial charge in [0.05, 0.1) is 16.3 Å². The molecule has 0 saturated carbocycles. The van der Waals surface area contributed by atoms with Crippen LogP contribution >= 0.6 is 11.3 Å². The molecule has 2 rings (SSSR count). The second-order valence-corrected chi connectivity index (χ2v) is 5.94. The van der Waals surface area contributed by atoms with Gasteiger partial charge in [-0.1, -0.05) is 39.3 Å². The van der Waals surface area contributed by atoms with E-state index in [1.54, 1.807) is 0 Å². The van der Waals surface area contributed by atoms with Crippen LogP contribution in [0.1, 0.15) is 44.7 Å². The van der Waals surface area contributed by atoms with Crippen LogP contribution in [0, 0.1) is 5.92 Å². The van der Waals surface area contributed by atoms with Gasteiger partial charge in [-0.3, -0.25) is 0 Å². The van der Waals surface area contributed by atoms with Crippen LogP contribution in [0.15, 0.2) is 24.3 Å². The number of hydrogen-bond donors (Lipinski definition) is 1. The van der Waals surface area contributed by atoms with Gasteiger partial charge in [0, 0.05) is 0 Å². The average molecular weight is 262 g/mol. The van der Waals surface area contributed by atoms with Crippen molar-refractivity contribution in [1.82, 2.24) is 10.3 Å². The highest BCUT2D eigenvalue weighted by Crippen LogP contribution is 2.30. The summed E-state index contributed by atoms with van der Waals surface area (Å²) in [5.41, 5.74) is 1.13. The molecular weight excluding hydrogens is 240 g/mol. The number of thiazole rings is 1. The fourth-order valence-corrected chi connectivity index (χ4v) is 3.18. The predicted octanol–water partition coefficient (Wildman–Crippen LogP) is 4.38. The normalized spacial score (nSPS) is 14.8. The molecule has 1 aromatic carbocycles. The number of rotatable bonds is 6. The Bertz CT molecular complexity index is 459. The van der Waals surface area contributed by atoms with Gasteiger partial charge < -0.3 is 5.32 Å². The minimum atomic E-state index is 0.405. The Morgan fingerprint density at radius 1 is 1.28 bits per heavy atom. The van der Waals surface area contributed by atoms with E-state index in [9.17, 15) is 0 Å². The molecule has 0 fully saturated rings. The van der Waals surface area contributed by atoms with Crippen LogP contribution in [0.4, 0.5) is 0 Å². The molecule has 0 bridgehead atoms. The summed E-state index contributed by atoms with van der Waals surface area (Å²) in [5, 5.41) is 4.81. The molecule has 3 heteroatoms. The number of nitrogens with one attached hydrogen (secondary N) is 1. The van der Waals surface area contributed by atoms with Crippen LogP contribution in [-0.4, -0.2) is 11.5 Å². The van der Waals surface area contributed by atoms with Crippen molar-refractivity contribution in [2.45, 2.75) is 39.7 Å². The largest absolute Gasteiger partial charge is 0.308 e. The third-order valence-electron chi connectivity index (χ3n) is 3.39. The third kappa shape index (κ3) is 3.09. The molecule has 0 aliphatic rings. The number of benzene rings is 1. The van der Waals surface area contributed by atoms with E-state index in [0.29, 0.717) is 6.04 Å². The zero-order chi connectivity index (χ0) is 13.0. The van der Waals surface area contributed by atoms with E-state index in [0.717, 1.165) is 18.0 Å². The second-order valence-electron chi connectivity index (χ2n) is 4.88. The Morgan fingerprint density at radius 2 is 2.06 bits per heavy atom. The van der Waals surface area contributed by atoms with Gasteiger partial charge in [0.2, 0.25) is 0 Å². The van der Waals surface area contributed by atoms with Gasteiger partial charge >= 0.3 is 0 Å². The van der Waals surface area contributed by atoms with Gasteiger partial charge in [-0.05, 0) is 31.0 Å². The van der Waals surface area contributed by atoms with Gasteiger partial charge in [0.15, 0.2) is 0 Å². The molecule has 2 aromatic rings. The maximum Gasteiger partial charge on any atom is 0.111 e. The Balaban J connectivity index is 2.23. The van der Waals surface area contributed by atoms with Crippen molar-refractivity contribution < 1.29 is 0 Å². The molecular formula is C15H22N2S. The predicted molar refractivity (Wildman–Crippen MR) is 80.1 cm³/mol. The number of hydrogen-bond acceptors (Lipinski definition) is 3. The molecule has 98 valence electrons. The molecule has 0 saturated heterocycles. The first kappa shape index (κ1) is 13.5. The molecule has 1 aromatic heterocycles. The number of para-hydroxylation sites is 1. The van der Waals surface area contributed by atoms with Crippen LogP contribution in [0.25, 0.3) is 10.2 Å². The Morgan fingerprint density at radius 3 is 2.72 bits per heavy atom. The van der Waals surface area contributed by atoms with Crippen molar-refractivity contribution in [2.24, 2.45) is 5.92 Å². The van der Waals surface area contributed by atoms with Crippen molar-refractivity contribution in [3.8, 4) is 0 Å². The van der Waals surface area contributed by atoms with E-state index < -0.39 is 0 Å². The number of fused-ring (bicyclic) bond motifs is 1. The molecule has 1 N–H and O–H groups in total. The highest BCUT2D eigenvalue weighted by molar-refractivity contribution is 7.18.